The Labute approximate surface area is 201 Å². The molecule has 0 amide bonds. The zero-order valence-corrected chi connectivity index (χ0v) is 19.4. The lowest BCUT2D eigenvalue weighted by molar-refractivity contribution is -0.274. The molecule has 3 aromatic carbocycles. The van der Waals surface area contributed by atoms with Gasteiger partial charge in [-0.15, -0.1) is 24.9 Å². The van der Waals surface area contributed by atoms with Crippen molar-refractivity contribution in [1.29, 1.82) is 0 Å². The highest BCUT2D eigenvalue weighted by atomic mass is 79.9. The lowest BCUT2D eigenvalue weighted by Gasteiger charge is -2.16. The maximum absolute atomic E-state index is 12.9. The van der Waals surface area contributed by atoms with Crippen molar-refractivity contribution in [3.63, 3.8) is 0 Å². The molecule has 0 aliphatic carbocycles. The highest BCUT2D eigenvalue weighted by Crippen LogP contribution is 2.35. The smallest absolute Gasteiger partial charge is 0.481 e. The molecule has 0 bridgehead atoms. The first-order valence-corrected chi connectivity index (χ1v) is 11.4. The Bertz CT molecular complexity index is 1130. The van der Waals surface area contributed by atoms with Crippen LogP contribution >= 0.6 is 27.7 Å². The summed E-state index contributed by atoms with van der Waals surface area (Å²) < 4.78 is 48.9. The molecule has 4 nitrogen and oxygen atoms in total. The topological polar surface area (TPSA) is 55.8 Å². The summed E-state index contributed by atoms with van der Waals surface area (Å²) in [6.07, 6.45) is -2.95. The molecular weight excluding hydrogens is 521 g/mol. The maximum Gasteiger partial charge on any atom is 0.573 e. The summed E-state index contributed by atoms with van der Waals surface area (Å²) in [5.41, 5.74) is 1.71. The highest BCUT2D eigenvalue weighted by molar-refractivity contribution is 9.10. The minimum Gasteiger partial charge on any atom is -0.481 e. The van der Waals surface area contributed by atoms with Crippen LogP contribution in [0.4, 0.5) is 13.2 Å². The summed E-state index contributed by atoms with van der Waals surface area (Å²) in [7, 11) is 0. The van der Waals surface area contributed by atoms with Gasteiger partial charge in [-0.3, -0.25) is 0 Å². The second kappa shape index (κ2) is 11.3. The van der Waals surface area contributed by atoms with Crippen molar-refractivity contribution in [3.8, 4) is 11.5 Å². The van der Waals surface area contributed by atoms with Crippen molar-refractivity contribution in [2.24, 2.45) is 0 Å². The fraction of sp³-hybridized carbons (Fsp3) is 0.125. The molecule has 0 aliphatic rings. The first-order valence-electron chi connectivity index (χ1n) is 9.60. The van der Waals surface area contributed by atoms with Crippen molar-refractivity contribution in [3.05, 3.63) is 94.5 Å². The summed E-state index contributed by atoms with van der Waals surface area (Å²) >= 11 is 4.82. The summed E-state index contributed by atoms with van der Waals surface area (Å²) in [5, 5.41) is 8.74. The van der Waals surface area contributed by atoms with Crippen LogP contribution in [-0.4, -0.2) is 29.8 Å². The molecular formula is C24H18BrF3O4S. The number of para-hydroxylation sites is 1. The molecule has 0 aromatic heterocycles. The van der Waals surface area contributed by atoms with Gasteiger partial charge >= 0.3 is 12.3 Å². The molecule has 33 heavy (non-hydrogen) atoms. The van der Waals surface area contributed by atoms with E-state index in [0.29, 0.717) is 27.1 Å². The number of alkyl halides is 3. The van der Waals surface area contributed by atoms with Gasteiger partial charge in [0.15, 0.2) is 6.61 Å². The Morgan fingerprint density at radius 3 is 2.36 bits per heavy atom. The number of carbonyl (C=O) groups is 1. The molecule has 0 fully saturated rings. The minimum absolute atomic E-state index is 0.271. The Kier molecular flexibility index (Phi) is 8.46. The predicted octanol–water partition coefficient (Wildman–Crippen LogP) is 7.04. The number of rotatable bonds is 9. The first-order chi connectivity index (χ1) is 15.7. The van der Waals surface area contributed by atoms with Crippen LogP contribution in [0, 0.1) is 0 Å². The predicted molar refractivity (Wildman–Crippen MR) is 125 cm³/mol. The molecule has 3 aromatic rings. The molecule has 0 spiro atoms. The number of aliphatic carboxylic acids is 1. The molecule has 0 radical (unpaired) electrons. The van der Waals surface area contributed by atoms with Crippen LogP contribution in [0.15, 0.2) is 88.2 Å². The summed E-state index contributed by atoms with van der Waals surface area (Å²) in [6.45, 7) is -0.451. The van der Waals surface area contributed by atoms with Gasteiger partial charge in [-0.2, -0.15) is 0 Å². The molecule has 0 atom stereocenters. The van der Waals surface area contributed by atoms with Crippen LogP contribution < -0.4 is 9.47 Å². The molecule has 0 saturated carbocycles. The normalized spacial score (nSPS) is 11.8. The summed E-state index contributed by atoms with van der Waals surface area (Å²) in [4.78, 5) is 11.5. The maximum atomic E-state index is 12.9. The minimum atomic E-state index is -4.80. The lowest BCUT2D eigenvalue weighted by Crippen LogP contribution is -2.18. The van der Waals surface area contributed by atoms with Crippen LogP contribution in [-0.2, 0) is 4.79 Å². The zero-order valence-electron chi connectivity index (χ0n) is 17.0. The molecule has 9 heteroatoms. The van der Waals surface area contributed by atoms with Crippen molar-refractivity contribution in [2.45, 2.75) is 11.3 Å². The van der Waals surface area contributed by atoms with Crippen LogP contribution in [0.2, 0.25) is 0 Å². The fourth-order valence-corrected chi connectivity index (χ4v) is 4.41. The Balaban J connectivity index is 1.85. The third-order valence-electron chi connectivity index (χ3n) is 4.28. The second-order valence-corrected chi connectivity index (χ2v) is 8.56. The standard InChI is InChI=1S/C24H18BrF3O4S/c25-20-14-17(10-11-22(20)31-15-23(29)30)33-13-12-18(16-6-2-1-3-7-16)19-8-4-5-9-21(19)32-24(26,27)28/h1-12,14H,13,15H2,(H,29,30)/b18-12+. The number of ether oxygens (including phenoxy) is 2. The molecule has 0 aliphatic heterocycles. The van der Waals surface area contributed by atoms with E-state index < -0.39 is 18.9 Å². The third-order valence-corrected chi connectivity index (χ3v) is 5.82. The van der Waals surface area contributed by atoms with Crippen LogP contribution in [0.1, 0.15) is 11.1 Å². The average Bonchev–Trinajstić information content (AvgIpc) is 2.76. The van der Waals surface area contributed by atoms with Crippen LogP contribution in [0.5, 0.6) is 11.5 Å². The van der Waals surface area contributed by atoms with E-state index in [4.69, 9.17) is 9.84 Å². The van der Waals surface area contributed by atoms with Gasteiger partial charge in [-0.1, -0.05) is 54.6 Å². The van der Waals surface area contributed by atoms with Gasteiger partial charge in [-0.25, -0.2) is 4.79 Å². The number of carboxylic acid groups (broad SMARTS) is 1. The zero-order chi connectivity index (χ0) is 23.8. The molecule has 172 valence electrons. The second-order valence-electron chi connectivity index (χ2n) is 6.61. The van der Waals surface area contributed by atoms with Crippen LogP contribution in [0.25, 0.3) is 5.57 Å². The van der Waals surface area contributed by atoms with Crippen LogP contribution in [0.3, 0.4) is 0 Å². The number of carboxylic acids is 1. The van der Waals surface area contributed by atoms with E-state index in [-0.39, 0.29) is 5.75 Å². The number of thioether (sulfide) groups is 1. The van der Waals surface area contributed by atoms with E-state index >= 15 is 0 Å². The first kappa shape index (κ1) is 24.7. The van der Waals surface area contributed by atoms with E-state index in [1.807, 2.05) is 36.4 Å². The van der Waals surface area contributed by atoms with Crippen molar-refractivity contribution in [2.75, 3.05) is 12.4 Å². The van der Waals surface area contributed by atoms with E-state index in [1.54, 1.807) is 30.3 Å². The summed E-state index contributed by atoms with van der Waals surface area (Å²) in [6, 6.07) is 20.4. The molecule has 0 saturated heterocycles. The quantitative estimate of drug-likeness (QED) is 0.296. The largest absolute Gasteiger partial charge is 0.573 e. The molecule has 0 heterocycles. The van der Waals surface area contributed by atoms with Gasteiger partial charge in [-0.05, 0) is 51.3 Å². The summed E-state index contributed by atoms with van der Waals surface area (Å²) in [5.74, 6) is -0.478. The number of hydrogen-bond donors (Lipinski definition) is 1. The van der Waals surface area contributed by atoms with Gasteiger partial charge in [0.25, 0.3) is 0 Å². The van der Waals surface area contributed by atoms with E-state index in [2.05, 4.69) is 20.7 Å². The lowest BCUT2D eigenvalue weighted by atomic mass is 9.97. The number of halogens is 4. The average molecular weight is 539 g/mol. The Morgan fingerprint density at radius 2 is 1.70 bits per heavy atom. The van der Waals surface area contributed by atoms with Crippen molar-refractivity contribution < 1.29 is 32.5 Å². The Hall–Kier alpha value is -2.91. The number of hydrogen-bond acceptors (Lipinski definition) is 4. The monoisotopic (exact) mass is 538 g/mol. The van der Waals surface area contributed by atoms with E-state index in [0.717, 1.165) is 10.5 Å². The van der Waals surface area contributed by atoms with E-state index in [9.17, 15) is 18.0 Å². The van der Waals surface area contributed by atoms with Gasteiger partial charge in [0.1, 0.15) is 11.5 Å². The molecule has 3 rings (SSSR count). The Morgan fingerprint density at radius 1 is 1.00 bits per heavy atom. The van der Waals surface area contributed by atoms with E-state index in [1.165, 1.54) is 23.9 Å². The van der Waals surface area contributed by atoms with Gasteiger partial charge in [0, 0.05) is 16.2 Å². The van der Waals surface area contributed by atoms with Crippen molar-refractivity contribution >= 4 is 39.2 Å². The highest BCUT2D eigenvalue weighted by Gasteiger charge is 2.32. The SMILES string of the molecule is O=C(O)COc1ccc(SC/C=C(\c2ccccc2)c2ccccc2OC(F)(F)F)cc1Br. The molecule has 0 unspecified atom stereocenters. The van der Waals surface area contributed by atoms with Gasteiger partial charge < -0.3 is 14.6 Å². The van der Waals surface area contributed by atoms with Gasteiger partial charge in [0.05, 0.1) is 4.47 Å². The number of benzene rings is 3. The fourth-order valence-electron chi connectivity index (χ4n) is 2.95. The third kappa shape index (κ3) is 7.57. The molecule has 1 N–H and O–H groups in total. The van der Waals surface area contributed by atoms with Crippen molar-refractivity contribution in [1.82, 2.24) is 0 Å². The van der Waals surface area contributed by atoms with Gasteiger partial charge in [0.2, 0.25) is 0 Å².